The van der Waals surface area contributed by atoms with Gasteiger partial charge in [-0.25, -0.2) is 4.98 Å². The summed E-state index contributed by atoms with van der Waals surface area (Å²) in [6.45, 7) is 8.68. The second-order valence-corrected chi connectivity index (χ2v) is 10.4. The SMILES string of the molecule is CC(C)c1cccc2c1OC(C(C)(N)C1CCN(c3nc4ccccc4s3)CC1)C2. The van der Waals surface area contributed by atoms with Crippen molar-refractivity contribution in [3.63, 3.8) is 0 Å². The van der Waals surface area contributed by atoms with Crippen molar-refractivity contribution in [2.75, 3.05) is 18.0 Å². The molecule has 0 bridgehead atoms. The first-order chi connectivity index (χ1) is 14.4. The highest BCUT2D eigenvalue weighted by atomic mass is 32.1. The van der Waals surface area contributed by atoms with Crippen LogP contribution >= 0.6 is 11.3 Å². The Morgan fingerprint density at radius 2 is 1.90 bits per heavy atom. The van der Waals surface area contributed by atoms with E-state index in [1.165, 1.54) is 15.8 Å². The van der Waals surface area contributed by atoms with Gasteiger partial charge in [0.25, 0.3) is 0 Å². The number of nitrogens with zero attached hydrogens (tertiary/aromatic N) is 2. The molecule has 30 heavy (non-hydrogen) atoms. The van der Waals surface area contributed by atoms with Gasteiger partial charge in [-0.05, 0) is 54.9 Å². The molecule has 0 saturated carbocycles. The van der Waals surface area contributed by atoms with Crippen LogP contribution in [0.15, 0.2) is 42.5 Å². The van der Waals surface area contributed by atoms with Crippen molar-refractivity contribution in [1.82, 2.24) is 4.98 Å². The van der Waals surface area contributed by atoms with Gasteiger partial charge in [0, 0.05) is 19.5 Å². The lowest BCUT2D eigenvalue weighted by atomic mass is 9.75. The Kier molecular flexibility index (Phi) is 4.98. The first-order valence-electron chi connectivity index (χ1n) is 11.1. The van der Waals surface area contributed by atoms with Gasteiger partial charge in [-0.3, -0.25) is 0 Å². The predicted molar refractivity (Wildman–Crippen MR) is 126 cm³/mol. The van der Waals surface area contributed by atoms with Gasteiger partial charge in [-0.2, -0.15) is 0 Å². The molecule has 1 fully saturated rings. The molecule has 5 rings (SSSR count). The highest BCUT2D eigenvalue weighted by Gasteiger charge is 2.44. The average molecular weight is 422 g/mol. The average Bonchev–Trinajstić information content (AvgIpc) is 3.38. The lowest BCUT2D eigenvalue weighted by Crippen LogP contribution is -2.58. The number of aromatic nitrogens is 1. The Labute approximate surface area is 183 Å². The summed E-state index contributed by atoms with van der Waals surface area (Å²) in [5.41, 5.74) is 10.4. The number of rotatable bonds is 4. The third-order valence-electron chi connectivity index (χ3n) is 7.04. The zero-order chi connectivity index (χ0) is 20.9. The molecule has 0 aliphatic carbocycles. The summed E-state index contributed by atoms with van der Waals surface area (Å²) in [5.74, 6) is 1.99. The van der Waals surface area contributed by atoms with E-state index >= 15 is 0 Å². The molecular formula is C25H31N3OS. The number of hydrogen-bond donors (Lipinski definition) is 1. The fourth-order valence-electron chi connectivity index (χ4n) is 5.05. The van der Waals surface area contributed by atoms with Crippen LogP contribution < -0.4 is 15.4 Å². The number of benzene rings is 2. The first kappa shape index (κ1) is 19.8. The van der Waals surface area contributed by atoms with Crippen molar-refractivity contribution >= 4 is 26.7 Å². The Balaban J connectivity index is 1.28. The summed E-state index contributed by atoms with van der Waals surface area (Å²) in [6, 6.07) is 14.9. The van der Waals surface area contributed by atoms with Gasteiger partial charge in [0.1, 0.15) is 11.9 Å². The summed E-state index contributed by atoms with van der Waals surface area (Å²) >= 11 is 1.79. The molecule has 0 radical (unpaired) electrons. The van der Waals surface area contributed by atoms with Gasteiger partial charge >= 0.3 is 0 Å². The highest BCUT2D eigenvalue weighted by Crippen LogP contribution is 2.42. The molecule has 1 aromatic heterocycles. The van der Waals surface area contributed by atoms with E-state index in [0.717, 1.165) is 48.7 Å². The first-order valence-corrected chi connectivity index (χ1v) is 11.9. The Morgan fingerprint density at radius 3 is 2.63 bits per heavy atom. The minimum absolute atomic E-state index is 0.0476. The molecule has 158 valence electrons. The van der Waals surface area contributed by atoms with Gasteiger partial charge in [-0.15, -0.1) is 0 Å². The summed E-state index contributed by atoms with van der Waals surface area (Å²) < 4.78 is 7.78. The van der Waals surface area contributed by atoms with Gasteiger partial charge < -0.3 is 15.4 Å². The molecule has 2 aliphatic heterocycles. The number of piperidine rings is 1. The van der Waals surface area contributed by atoms with Crippen LogP contribution in [0, 0.1) is 5.92 Å². The maximum Gasteiger partial charge on any atom is 0.186 e. The molecule has 2 aromatic carbocycles. The molecule has 2 unspecified atom stereocenters. The fourth-order valence-corrected chi connectivity index (χ4v) is 6.06. The van der Waals surface area contributed by atoms with E-state index in [1.807, 2.05) is 0 Å². The van der Waals surface area contributed by atoms with Crippen LogP contribution in [0.1, 0.15) is 50.7 Å². The zero-order valence-corrected chi connectivity index (χ0v) is 18.9. The van der Waals surface area contributed by atoms with E-state index in [0.29, 0.717) is 11.8 Å². The van der Waals surface area contributed by atoms with E-state index in [1.54, 1.807) is 11.3 Å². The molecule has 4 nitrogen and oxygen atoms in total. The van der Waals surface area contributed by atoms with Crippen molar-refractivity contribution < 1.29 is 4.74 Å². The standard InChI is InChI=1S/C25H31N3OS/c1-16(2)19-8-6-7-17-15-22(29-23(17)19)25(3,26)18-11-13-28(14-12-18)24-27-20-9-4-5-10-21(20)30-24/h4-10,16,18,22H,11-15,26H2,1-3H3. The molecule has 2 aliphatic rings. The number of thiazole rings is 1. The van der Waals surface area contributed by atoms with Crippen LogP contribution in [0.2, 0.25) is 0 Å². The van der Waals surface area contributed by atoms with Crippen LogP contribution in [0.5, 0.6) is 5.75 Å². The van der Waals surface area contributed by atoms with Crippen LogP contribution in [-0.2, 0) is 6.42 Å². The summed E-state index contributed by atoms with van der Waals surface area (Å²) in [7, 11) is 0. The molecule has 3 heterocycles. The Morgan fingerprint density at radius 1 is 1.13 bits per heavy atom. The second-order valence-electron chi connectivity index (χ2n) is 9.39. The second kappa shape index (κ2) is 7.54. The number of fused-ring (bicyclic) bond motifs is 2. The normalized spacial score (nSPS) is 21.6. The molecule has 5 heteroatoms. The highest BCUT2D eigenvalue weighted by molar-refractivity contribution is 7.22. The van der Waals surface area contributed by atoms with Crippen molar-refractivity contribution in [2.45, 2.75) is 57.6 Å². The lowest BCUT2D eigenvalue weighted by Gasteiger charge is -2.43. The monoisotopic (exact) mass is 421 g/mol. The number of ether oxygens (including phenoxy) is 1. The van der Waals surface area contributed by atoms with E-state index < -0.39 is 0 Å². The largest absolute Gasteiger partial charge is 0.488 e. The number of anilines is 1. The third kappa shape index (κ3) is 3.38. The fraction of sp³-hybridized carbons (Fsp3) is 0.480. The van der Waals surface area contributed by atoms with Gasteiger partial charge in [0.2, 0.25) is 0 Å². The van der Waals surface area contributed by atoms with Crippen LogP contribution in [-0.4, -0.2) is 29.7 Å². The van der Waals surface area contributed by atoms with Gasteiger partial charge in [-0.1, -0.05) is 55.5 Å². The molecule has 0 spiro atoms. The maximum absolute atomic E-state index is 6.99. The number of hydrogen-bond acceptors (Lipinski definition) is 5. The molecular weight excluding hydrogens is 390 g/mol. The van der Waals surface area contributed by atoms with E-state index in [9.17, 15) is 0 Å². The van der Waals surface area contributed by atoms with E-state index in [2.05, 4.69) is 68.1 Å². The van der Waals surface area contributed by atoms with E-state index in [4.69, 9.17) is 15.5 Å². The minimum atomic E-state index is -0.340. The topological polar surface area (TPSA) is 51.4 Å². The van der Waals surface area contributed by atoms with E-state index in [-0.39, 0.29) is 11.6 Å². The quantitative estimate of drug-likeness (QED) is 0.616. The van der Waals surface area contributed by atoms with Gasteiger partial charge in [0.05, 0.1) is 15.8 Å². The van der Waals surface area contributed by atoms with Crippen LogP contribution in [0.25, 0.3) is 10.2 Å². The Hall–Kier alpha value is -2.11. The van der Waals surface area contributed by atoms with Crippen LogP contribution in [0.4, 0.5) is 5.13 Å². The van der Waals surface area contributed by atoms with Crippen LogP contribution in [0.3, 0.4) is 0 Å². The van der Waals surface area contributed by atoms with Crippen molar-refractivity contribution in [3.8, 4) is 5.75 Å². The van der Waals surface area contributed by atoms with Crippen molar-refractivity contribution in [2.24, 2.45) is 11.7 Å². The summed E-state index contributed by atoms with van der Waals surface area (Å²) in [6.07, 6.45) is 3.12. The van der Waals surface area contributed by atoms with Crippen molar-refractivity contribution in [1.29, 1.82) is 0 Å². The minimum Gasteiger partial charge on any atom is -0.488 e. The smallest absolute Gasteiger partial charge is 0.186 e. The predicted octanol–water partition coefficient (Wildman–Crippen LogP) is 5.36. The molecule has 3 aromatic rings. The van der Waals surface area contributed by atoms with Crippen molar-refractivity contribution in [3.05, 3.63) is 53.6 Å². The number of nitrogens with two attached hydrogens (primary N) is 1. The lowest BCUT2D eigenvalue weighted by molar-refractivity contribution is 0.0835. The molecule has 2 N–H and O–H groups in total. The number of para-hydroxylation sites is 2. The summed E-state index contributed by atoms with van der Waals surface area (Å²) in [5, 5.41) is 1.14. The van der Waals surface area contributed by atoms with Gasteiger partial charge in [0.15, 0.2) is 5.13 Å². The molecule has 0 amide bonds. The molecule has 2 atom stereocenters. The summed E-state index contributed by atoms with van der Waals surface area (Å²) in [4.78, 5) is 7.27. The molecule has 1 saturated heterocycles. The maximum atomic E-state index is 6.99. The Bertz CT molecular complexity index is 1020. The zero-order valence-electron chi connectivity index (χ0n) is 18.1. The third-order valence-corrected chi connectivity index (χ3v) is 8.13.